The molecule has 1 fully saturated rings. The Bertz CT molecular complexity index is 694. The number of rotatable bonds is 7. The zero-order valence-electron chi connectivity index (χ0n) is 17.9. The van der Waals surface area contributed by atoms with Crippen LogP contribution in [-0.4, -0.2) is 48.9 Å². The minimum atomic E-state index is -0.949. The van der Waals surface area contributed by atoms with Crippen LogP contribution in [0.5, 0.6) is 0 Å². The van der Waals surface area contributed by atoms with Crippen LogP contribution >= 0.6 is 0 Å². The quantitative estimate of drug-likeness (QED) is 0.678. The molecule has 1 aliphatic carbocycles. The van der Waals surface area contributed by atoms with Crippen molar-refractivity contribution in [2.75, 3.05) is 20.6 Å². The number of halogens is 2. The maximum atomic E-state index is 13.9. The molecular formula is C22H33F2N3O2. The Hall–Kier alpha value is -2.02. The van der Waals surface area contributed by atoms with Gasteiger partial charge in [0.05, 0.1) is 0 Å². The highest BCUT2D eigenvalue weighted by Crippen LogP contribution is 2.30. The van der Waals surface area contributed by atoms with Crippen LogP contribution in [0.3, 0.4) is 0 Å². The lowest BCUT2D eigenvalue weighted by atomic mass is 9.88. The average molecular weight is 410 g/mol. The summed E-state index contributed by atoms with van der Waals surface area (Å²) in [6, 6.07) is 2.36. The predicted octanol–water partition coefficient (Wildman–Crippen LogP) is 3.49. The molecule has 5 nitrogen and oxygen atoms in total. The normalized spacial score (nSPS) is 17.7. The molecule has 0 aromatic heterocycles. The second-order valence-corrected chi connectivity index (χ2v) is 8.54. The molecule has 7 heteroatoms. The van der Waals surface area contributed by atoms with E-state index < -0.39 is 29.1 Å². The van der Waals surface area contributed by atoms with Gasteiger partial charge in [-0.2, -0.15) is 0 Å². The number of likely N-dealkylation sites (N-methyl/N-ethyl adjacent to an activating group) is 1. The van der Waals surface area contributed by atoms with Crippen molar-refractivity contribution in [2.45, 2.75) is 64.0 Å². The highest BCUT2D eigenvalue weighted by atomic mass is 19.1. The van der Waals surface area contributed by atoms with Crippen molar-refractivity contribution in [3.05, 3.63) is 35.4 Å². The first-order chi connectivity index (χ1) is 13.7. The van der Waals surface area contributed by atoms with E-state index in [2.05, 4.69) is 15.5 Å². The summed E-state index contributed by atoms with van der Waals surface area (Å²) >= 11 is 0. The Morgan fingerprint density at radius 3 is 2.10 bits per heavy atom. The molecule has 1 unspecified atom stereocenters. The third-order valence-electron chi connectivity index (χ3n) is 6.00. The molecule has 1 aromatic rings. The first-order valence-corrected chi connectivity index (χ1v) is 10.4. The molecule has 0 bridgehead atoms. The van der Waals surface area contributed by atoms with Crippen LogP contribution in [-0.2, 0) is 4.79 Å². The van der Waals surface area contributed by atoms with E-state index in [0.717, 1.165) is 37.8 Å². The summed E-state index contributed by atoms with van der Waals surface area (Å²) in [5, 5.41) is 5.50. The van der Waals surface area contributed by atoms with Crippen molar-refractivity contribution < 1.29 is 18.4 Å². The van der Waals surface area contributed by atoms with Crippen molar-refractivity contribution in [3.63, 3.8) is 0 Å². The fourth-order valence-electron chi connectivity index (χ4n) is 3.99. The molecule has 0 radical (unpaired) electrons. The van der Waals surface area contributed by atoms with Gasteiger partial charge in [0.2, 0.25) is 5.91 Å². The smallest absolute Gasteiger partial charge is 0.257 e. The van der Waals surface area contributed by atoms with E-state index >= 15 is 0 Å². The molecule has 162 valence electrons. The van der Waals surface area contributed by atoms with Gasteiger partial charge in [0.25, 0.3) is 5.91 Å². The molecule has 2 amide bonds. The number of carbonyl (C=O) groups is 2. The van der Waals surface area contributed by atoms with E-state index in [1.807, 2.05) is 14.1 Å². The van der Waals surface area contributed by atoms with Gasteiger partial charge in [-0.15, -0.1) is 0 Å². The standard InChI is InChI=1S/C22H33F2N3O2/c1-15(2)19(26-20(28)18-16(23)10-9-11-17(18)24)21(29)25-14-22(27(3)4)12-7-5-6-8-13-22/h9-11,15,19H,5-8,12-14H2,1-4H3,(H,25,29)(H,26,28). The molecule has 0 heterocycles. The van der Waals surface area contributed by atoms with Crippen LogP contribution in [0.15, 0.2) is 18.2 Å². The first-order valence-electron chi connectivity index (χ1n) is 10.4. The SMILES string of the molecule is CC(C)C(NC(=O)c1c(F)cccc1F)C(=O)NCC1(N(C)C)CCCCCC1. The maximum Gasteiger partial charge on any atom is 0.257 e. The highest BCUT2D eigenvalue weighted by molar-refractivity contribution is 5.98. The van der Waals surface area contributed by atoms with Crippen LogP contribution in [0, 0.1) is 17.6 Å². The molecule has 0 aliphatic heterocycles. The summed E-state index contributed by atoms with van der Waals surface area (Å²) in [5.74, 6) is -3.40. The number of nitrogens with one attached hydrogen (secondary N) is 2. The van der Waals surface area contributed by atoms with Gasteiger partial charge in [-0.3, -0.25) is 9.59 Å². The highest BCUT2D eigenvalue weighted by Gasteiger charge is 2.35. The topological polar surface area (TPSA) is 61.4 Å². The first kappa shape index (κ1) is 23.3. The minimum absolute atomic E-state index is 0.116. The largest absolute Gasteiger partial charge is 0.352 e. The second-order valence-electron chi connectivity index (χ2n) is 8.54. The number of hydrogen-bond donors (Lipinski definition) is 2. The zero-order valence-corrected chi connectivity index (χ0v) is 17.9. The van der Waals surface area contributed by atoms with Crippen LogP contribution in [0.25, 0.3) is 0 Å². The molecule has 2 N–H and O–H groups in total. The van der Waals surface area contributed by atoms with Gasteiger partial charge in [-0.05, 0) is 45.0 Å². The van der Waals surface area contributed by atoms with Crippen molar-refractivity contribution in [2.24, 2.45) is 5.92 Å². The van der Waals surface area contributed by atoms with E-state index in [1.165, 1.54) is 18.9 Å². The Morgan fingerprint density at radius 1 is 1.07 bits per heavy atom. The van der Waals surface area contributed by atoms with E-state index in [-0.39, 0.29) is 17.4 Å². The minimum Gasteiger partial charge on any atom is -0.352 e. The molecule has 1 atom stereocenters. The van der Waals surface area contributed by atoms with Crippen molar-refractivity contribution in [1.82, 2.24) is 15.5 Å². The van der Waals surface area contributed by atoms with Crippen molar-refractivity contribution in [3.8, 4) is 0 Å². The maximum absolute atomic E-state index is 13.9. The zero-order chi connectivity index (χ0) is 21.6. The van der Waals surface area contributed by atoms with Gasteiger partial charge in [-0.25, -0.2) is 8.78 Å². The number of benzene rings is 1. The molecule has 2 rings (SSSR count). The van der Waals surface area contributed by atoms with Gasteiger partial charge >= 0.3 is 0 Å². The van der Waals surface area contributed by atoms with Crippen LogP contribution < -0.4 is 10.6 Å². The predicted molar refractivity (Wildman–Crippen MR) is 110 cm³/mol. The number of nitrogens with zero attached hydrogens (tertiary/aromatic N) is 1. The van der Waals surface area contributed by atoms with Crippen LogP contribution in [0.1, 0.15) is 62.7 Å². The van der Waals surface area contributed by atoms with Crippen molar-refractivity contribution in [1.29, 1.82) is 0 Å². The van der Waals surface area contributed by atoms with Crippen LogP contribution in [0.4, 0.5) is 8.78 Å². The Kier molecular flexibility index (Phi) is 8.14. The van der Waals surface area contributed by atoms with Gasteiger partial charge in [0.15, 0.2) is 0 Å². The molecule has 1 aromatic carbocycles. The Balaban J connectivity index is 2.10. The molecule has 29 heavy (non-hydrogen) atoms. The summed E-state index contributed by atoms with van der Waals surface area (Å²) in [5.41, 5.74) is -0.783. The average Bonchev–Trinajstić information content (AvgIpc) is 2.90. The van der Waals surface area contributed by atoms with Crippen molar-refractivity contribution >= 4 is 11.8 Å². The summed E-state index contributed by atoms with van der Waals surface area (Å²) in [6.07, 6.45) is 6.62. The van der Waals surface area contributed by atoms with Gasteiger partial charge in [0.1, 0.15) is 23.2 Å². The summed E-state index contributed by atoms with van der Waals surface area (Å²) in [7, 11) is 4.06. The van der Waals surface area contributed by atoms with E-state index in [9.17, 15) is 18.4 Å². The van der Waals surface area contributed by atoms with E-state index in [4.69, 9.17) is 0 Å². The Labute approximate surface area is 172 Å². The lowest BCUT2D eigenvalue weighted by Gasteiger charge is -2.40. The molecule has 1 saturated carbocycles. The monoisotopic (exact) mass is 409 g/mol. The van der Waals surface area contributed by atoms with Gasteiger partial charge in [0, 0.05) is 12.1 Å². The third-order valence-corrected chi connectivity index (χ3v) is 6.00. The van der Waals surface area contributed by atoms with Crippen LogP contribution in [0.2, 0.25) is 0 Å². The summed E-state index contributed by atoms with van der Waals surface area (Å²) in [6.45, 7) is 4.05. The molecule has 0 spiro atoms. The number of amides is 2. The molecule has 1 aliphatic rings. The lowest BCUT2D eigenvalue weighted by molar-refractivity contribution is -0.124. The third kappa shape index (κ3) is 5.75. The summed E-state index contributed by atoms with van der Waals surface area (Å²) in [4.78, 5) is 27.5. The van der Waals surface area contributed by atoms with E-state index in [1.54, 1.807) is 13.8 Å². The fourth-order valence-corrected chi connectivity index (χ4v) is 3.99. The number of hydrogen-bond acceptors (Lipinski definition) is 3. The fraction of sp³-hybridized carbons (Fsp3) is 0.636. The van der Waals surface area contributed by atoms with Gasteiger partial charge in [-0.1, -0.05) is 45.6 Å². The molecule has 0 saturated heterocycles. The Morgan fingerprint density at radius 2 is 1.62 bits per heavy atom. The summed E-state index contributed by atoms with van der Waals surface area (Å²) < 4.78 is 27.8. The lowest BCUT2D eigenvalue weighted by Crippen LogP contribution is -2.56. The number of carbonyl (C=O) groups excluding carboxylic acids is 2. The van der Waals surface area contributed by atoms with E-state index in [0.29, 0.717) is 6.54 Å². The molecular weight excluding hydrogens is 376 g/mol. The second kappa shape index (κ2) is 10.1. The van der Waals surface area contributed by atoms with Gasteiger partial charge < -0.3 is 15.5 Å².